The zero-order valence-corrected chi connectivity index (χ0v) is 8.12. The van der Waals surface area contributed by atoms with Crippen molar-refractivity contribution in [2.75, 3.05) is 6.61 Å². The molecular formula is C10H20O2. The standard InChI is InChI=1S/C10H20O2/c1-8(11)9(2)12-7-6-10-4-3-5-10/h8-11H,3-7H2,1-2H3. The minimum Gasteiger partial charge on any atom is -0.391 e. The summed E-state index contributed by atoms with van der Waals surface area (Å²) in [4.78, 5) is 0. The summed E-state index contributed by atoms with van der Waals surface area (Å²) in [5.41, 5.74) is 0. The Labute approximate surface area is 74.9 Å². The minimum atomic E-state index is -0.341. The second kappa shape index (κ2) is 4.83. The van der Waals surface area contributed by atoms with Gasteiger partial charge in [-0.3, -0.25) is 0 Å². The van der Waals surface area contributed by atoms with Crippen LogP contribution in [-0.2, 0) is 4.74 Å². The van der Waals surface area contributed by atoms with Gasteiger partial charge in [0.2, 0.25) is 0 Å². The second-order valence-corrected chi connectivity index (χ2v) is 3.90. The van der Waals surface area contributed by atoms with Crippen LogP contribution in [0.2, 0.25) is 0 Å². The summed E-state index contributed by atoms with van der Waals surface area (Å²) in [6.45, 7) is 4.51. The molecule has 2 heteroatoms. The van der Waals surface area contributed by atoms with Crippen LogP contribution in [0.25, 0.3) is 0 Å². The molecule has 0 heterocycles. The van der Waals surface area contributed by atoms with Crippen molar-refractivity contribution in [2.24, 2.45) is 5.92 Å². The van der Waals surface area contributed by atoms with Gasteiger partial charge in [0.25, 0.3) is 0 Å². The molecule has 1 N–H and O–H groups in total. The molecule has 0 aromatic heterocycles. The summed E-state index contributed by atoms with van der Waals surface area (Å²) in [6.07, 6.45) is 4.99. The third-order valence-electron chi connectivity index (χ3n) is 2.81. The van der Waals surface area contributed by atoms with E-state index in [4.69, 9.17) is 9.84 Å². The maximum atomic E-state index is 9.13. The summed E-state index contributed by atoms with van der Waals surface area (Å²) in [7, 11) is 0. The lowest BCUT2D eigenvalue weighted by Gasteiger charge is -2.26. The van der Waals surface area contributed by atoms with E-state index in [0.29, 0.717) is 0 Å². The lowest BCUT2D eigenvalue weighted by Crippen LogP contribution is -2.24. The van der Waals surface area contributed by atoms with Crippen LogP contribution in [0.4, 0.5) is 0 Å². The van der Waals surface area contributed by atoms with Crippen LogP contribution in [0.3, 0.4) is 0 Å². The van der Waals surface area contributed by atoms with Crippen LogP contribution in [0.5, 0.6) is 0 Å². The topological polar surface area (TPSA) is 29.5 Å². The van der Waals surface area contributed by atoms with Crippen LogP contribution in [0.15, 0.2) is 0 Å². The monoisotopic (exact) mass is 172 g/mol. The Bertz CT molecular complexity index is 119. The van der Waals surface area contributed by atoms with Gasteiger partial charge in [0.1, 0.15) is 0 Å². The van der Waals surface area contributed by atoms with Gasteiger partial charge in [0, 0.05) is 6.61 Å². The maximum absolute atomic E-state index is 9.13. The van der Waals surface area contributed by atoms with Crippen molar-refractivity contribution in [1.29, 1.82) is 0 Å². The SMILES string of the molecule is CC(O)C(C)OCCC1CCC1. The Morgan fingerprint density at radius 3 is 2.50 bits per heavy atom. The first-order valence-electron chi connectivity index (χ1n) is 5.00. The largest absolute Gasteiger partial charge is 0.391 e. The van der Waals surface area contributed by atoms with Crippen molar-refractivity contribution in [1.82, 2.24) is 0 Å². The third kappa shape index (κ3) is 3.11. The molecule has 72 valence electrons. The van der Waals surface area contributed by atoms with Crippen molar-refractivity contribution >= 4 is 0 Å². The molecule has 1 fully saturated rings. The fraction of sp³-hybridized carbons (Fsp3) is 1.00. The Morgan fingerprint density at radius 1 is 1.42 bits per heavy atom. The maximum Gasteiger partial charge on any atom is 0.0803 e. The lowest BCUT2D eigenvalue weighted by atomic mass is 9.83. The fourth-order valence-electron chi connectivity index (χ4n) is 1.34. The first-order valence-corrected chi connectivity index (χ1v) is 5.00. The van der Waals surface area contributed by atoms with Gasteiger partial charge in [0.05, 0.1) is 12.2 Å². The van der Waals surface area contributed by atoms with Gasteiger partial charge < -0.3 is 9.84 Å². The van der Waals surface area contributed by atoms with Crippen LogP contribution >= 0.6 is 0 Å². The molecule has 2 unspecified atom stereocenters. The normalized spacial score (nSPS) is 23.2. The van der Waals surface area contributed by atoms with Crippen LogP contribution in [0, 0.1) is 5.92 Å². The summed E-state index contributed by atoms with van der Waals surface area (Å²) in [5, 5.41) is 9.13. The molecule has 0 aromatic carbocycles. The number of rotatable bonds is 5. The molecule has 1 saturated carbocycles. The fourth-order valence-corrected chi connectivity index (χ4v) is 1.34. The molecule has 1 rings (SSSR count). The lowest BCUT2D eigenvalue weighted by molar-refractivity contribution is -0.0252. The summed E-state index contributed by atoms with van der Waals surface area (Å²) < 4.78 is 5.46. The smallest absolute Gasteiger partial charge is 0.0803 e. The molecule has 0 radical (unpaired) electrons. The highest BCUT2D eigenvalue weighted by Gasteiger charge is 2.17. The van der Waals surface area contributed by atoms with E-state index < -0.39 is 0 Å². The molecule has 0 amide bonds. The van der Waals surface area contributed by atoms with Crippen molar-refractivity contribution < 1.29 is 9.84 Å². The average Bonchev–Trinajstić information content (AvgIpc) is 1.93. The van der Waals surface area contributed by atoms with E-state index >= 15 is 0 Å². The Kier molecular flexibility index (Phi) is 4.02. The molecule has 0 spiro atoms. The van der Waals surface area contributed by atoms with Crippen molar-refractivity contribution in [2.45, 2.75) is 51.7 Å². The van der Waals surface area contributed by atoms with E-state index in [1.54, 1.807) is 6.92 Å². The van der Waals surface area contributed by atoms with Crippen molar-refractivity contribution in [3.05, 3.63) is 0 Å². The van der Waals surface area contributed by atoms with Crippen molar-refractivity contribution in [3.8, 4) is 0 Å². The molecular weight excluding hydrogens is 152 g/mol. The highest BCUT2D eigenvalue weighted by Crippen LogP contribution is 2.29. The number of hydrogen-bond acceptors (Lipinski definition) is 2. The highest BCUT2D eigenvalue weighted by atomic mass is 16.5. The van der Waals surface area contributed by atoms with Gasteiger partial charge >= 0.3 is 0 Å². The van der Waals surface area contributed by atoms with E-state index in [1.807, 2.05) is 6.92 Å². The Morgan fingerprint density at radius 2 is 2.08 bits per heavy atom. The van der Waals surface area contributed by atoms with Crippen molar-refractivity contribution in [3.63, 3.8) is 0 Å². The average molecular weight is 172 g/mol. The predicted molar refractivity (Wildman–Crippen MR) is 49.1 cm³/mol. The first-order chi connectivity index (χ1) is 5.70. The second-order valence-electron chi connectivity index (χ2n) is 3.90. The number of ether oxygens (including phenoxy) is 1. The van der Waals surface area contributed by atoms with Crippen LogP contribution < -0.4 is 0 Å². The molecule has 1 aliphatic rings. The zero-order chi connectivity index (χ0) is 8.97. The molecule has 1 aliphatic carbocycles. The number of hydrogen-bond donors (Lipinski definition) is 1. The van der Waals surface area contributed by atoms with E-state index in [2.05, 4.69) is 0 Å². The summed E-state index contributed by atoms with van der Waals surface area (Å²) >= 11 is 0. The van der Waals surface area contributed by atoms with Gasteiger partial charge in [0.15, 0.2) is 0 Å². The van der Waals surface area contributed by atoms with Gasteiger partial charge in [-0.05, 0) is 26.2 Å². The predicted octanol–water partition coefficient (Wildman–Crippen LogP) is 1.96. The van der Waals surface area contributed by atoms with Gasteiger partial charge in [-0.1, -0.05) is 19.3 Å². The molecule has 2 atom stereocenters. The van der Waals surface area contributed by atoms with Gasteiger partial charge in [-0.15, -0.1) is 0 Å². The summed E-state index contributed by atoms with van der Waals surface area (Å²) in [5.74, 6) is 0.909. The summed E-state index contributed by atoms with van der Waals surface area (Å²) in [6, 6.07) is 0. The number of aliphatic hydroxyl groups is 1. The van der Waals surface area contributed by atoms with Gasteiger partial charge in [-0.25, -0.2) is 0 Å². The highest BCUT2D eigenvalue weighted by molar-refractivity contribution is 4.69. The minimum absolute atomic E-state index is 0.00919. The Balaban J connectivity index is 1.93. The van der Waals surface area contributed by atoms with E-state index in [-0.39, 0.29) is 12.2 Å². The molecule has 0 bridgehead atoms. The molecule has 0 aromatic rings. The zero-order valence-electron chi connectivity index (χ0n) is 8.12. The van der Waals surface area contributed by atoms with Crippen LogP contribution in [-0.4, -0.2) is 23.9 Å². The quantitative estimate of drug-likeness (QED) is 0.687. The molecule has 0 aliphatic heterocycles. The Hall–Kier alpha value is -0.0800. The molecule has 0 saturated heterocycles. The molecule has 2 nitrogen and oxygen atoms in total. The van der Waals surface area contributed by atoms with Gasteiger partial charge in [-0.2, -0.15) is 0 Å². The molecule has 12 heavy (non-hydrogen) atoms. The van der Waals surface area contributed by atoms with E-state index in [0.717, 1.165) is 12.5 Å². The number of aliphatic hydroxyl groups excluding tert-OH is 1. The van der Waals surface area contributed by atoms with E-state index in [1.165, 1.54) is 25.7 Å². The third-order valence-corrected chi connectivity index (χ3v) is 2.81. The van der Waals surface area contributed by atoms with E-state index in [9.17, 15) is 0 Å². The van der Waals surface area contributed by atoms with Crippen LogP contribution in [0.1, 0.15) is 39.5 Å². The first kappa shape index (κ1) is 10.0.